The predicted octanol–water partition coefficient (Wildman–Crippen LogP) is 1.95. The zero-order chi connectivity index (χ0) is 15.7. The first kappa shape index (κ1) is 14.8. The first-order chi connectivity index (χ1) is 10.6. The summed E-state index contributed by atoms with van der Waals surface area (Å²) in [6.45, 7) is 0. The Balaban J connectivity index is 1.95. The number of nitrogens with zero attached hydrogens (tertiary/aromatic N) is 2. The molecule has 1 saturated heterocycles. The van der Waals surface area contributed by atoms with E-state index < -0.39 is 12.0 Å². The van der Waals surface area contributed by atoms with Crippen molar-refractivity contribution in [3.63, 3.8) is 0 Å². The quantitative estimate of drug-likeness (QED) is 0.923. The highest BCUT2D eigenvalue weighted by atomic mass is 16.5. The minimum Gasteiger partial charge on any atom is -0.480 e. The fraction of sp³-hybridized carbons (Fsp3) is 0.562. The molecule has 1 aliphatic heterocycles. The van der Waals surface area contributed by atoms with E-state index in [2.05, 4.69) is 4.98 Å². The smallest absolute Gasteiger partial charge is 0.326 e. The molecule has 0 spiro atoms. The second kappa shape index (κ2) is 5.94. The van der Waals surface area contributed by atoms with Gasteiger partial charge in [-0.05, 0) is 37.3 Å². The number of fused-ring (bicyclic) bond motifs is 1. The third kappa shape index (κ3) is 2.42. The van der Waals surface area contributed by atoms with Gasteiger partial charge in [0.15, 0.2) is 0 Å². The van der Waals surface area contributed by atoms with Gasteiger partial charge in [-0.2, -0.15) is 0 Å². The lowest BCUT2D eigenvalue weighted by Crippen LogP contribution is -2.46. The van der Waals surface area contributed by atoms with Crippen LogP contribution in [0.4, 0.5) is 0 Å². The van der Waals surface area contributed by atoms with Crippen LogP contribution in [0.3, 0.4) is 0 Å². The van der Waals surface area contributed by atoms with Crippen molar-refractivity contribution in [1.82, 2.24) is 9.88 Å². The van der Waals surface area contributed by atoms with E-state index in [0.717, 1.165) is 25.7 Å². The van der Waals surface area contributed by atoms with E-state index in [9.17, 15) is 14.7 Å². The number of hydrogen-bond donors (Lipinski definition) is 1. The Kier molecular flexibility index (Phi) is 4.00. The molecule has 6 nitrogen and oxygen atoms in total. The van der Waals surface area contributed by atoms with E-state index >= 15 is 0 Å². The number of carbonyl (C=O) groups is 2. The summed E-state index contributed by atoms with van der Waals surface area (Å²) in [6, 6.07) is 2.58. The first-order valence-electron chi connectivity index (χ1n) is 7.68. The second-order valence-corrected chi connectivity index (χ2v) is 5.97. The van der Waals surface area contributed by atoms with Crippen molar-refractivity contribution in [2.24, 2.45) is 5.92 Å². The summed E-state index contributed by atoms with van der Waals surface area (Å²) >= 11 is 0. The van der Waals surface area contributed by atoms with Crippen molar-refractivity contribution >= 4 is 11.9 Å². The Morgan fingerprint density at radius 3 is 2.86 bits per heavy atom. The molecule has 0 radical (unpaired) electrons. The van der Waals surface area contributed by atoms with E-state index in [1.54, 1.807) is 23.2 Å². The highest BCUT2D eigenvalue weighted by Crippen LogP contribution is 2.41. The summed E-state index contributed by atoms with van der Waals surface area (Å²) in [7, 11) is 1.46. The second-order valence-electron chi connectivity index (χ2n) is 5.97. The third-order valence-electron chi connectivity index (χ3n) is 4.80. The maximum atomic E-state index is 12.9. The van der Waals surface area contributed by atoms with Gasteiger partial charge in [-0.3, -0.25) is 4.79 Å². The molecule has 0 unspecified atom stereocenters. The molecule has 1 amide bonds. The number of pyridine rings is 1. The average molecular weight is 304 g/mol. The van der Waals surface area contributed by atoms with Crippen LogP contribution < -0.4 is 4.74 Å². The largest absolute Gasteiger partial charge is 0.480 e. The van der Waals surface area contributed by atoms with E-state index in [1.807, 2.05) is 0 Å². The highest BCUT2D eigenvalue weighted by Gasteiger charge is 2.48. The molecule has 1 saturated carbocycles. The molecule has 3 atom stereocenters. The molecule has 3 rings (SSSR count). The number of carboxylic acid groups (broad SMARTS) is 1. The molecule has 0 aromatic carbocycles. The number of carbonyl (C=O) groups excluding carboxylic acids is 1. The van der Waals surface area contributed by atoms with Crippen LogP contribution in [0.2, 0.25) is 0 Å². The maximum Gasteiger partial charge on any atom is 0.326 e. The number of methoxy groups -OCH3 is 1. The number of ether oxygens (including phenoxy) is 1. The molecule has 22 heavy (non-hydrogen) atoms. The standard InChI is InChI=1S/C16H20N2O4/c1-22-14-11(6-4-8-17-14)15(19)18-12-7-3-2-5-10(12)9-13(18)16(20)21/h4,6,8,10,12-13H,2-3,5,7,9H2,1H3,(H,20,21)/t10-,12+,13-/m0/s1. The predicted molar refractivity (Wildman–Crippen MR) is 78.7 cm³/mol. The van der Waals surface area contributed by atoms with Crippen LogP contribution in [0.15, 0.2) is 18.3 Å². The molecule has 0 bridgehead atoms. The van der Waals surface area contributed by atoms with Crippen LogP contribution in [-0.4, -0.2) is 46.1 Å². The van der Waals surface area contributed by atoms with E-state index in [0.29, 0.717) is 17.9 Å². The van der Waals surface area contributed by atoms with Crippen molar-refractivity contribution in [1.29, 1.82) is 0 Å². The van der Waals surface area contributed by atoms with Crippen molar-refractivity contribution in [3.05, 3.63) is 23.9 Å². The van der Waals surface area contributed by atoms with Crippen LogP contribution in [0.1, 0.15) is 42.5 Å². The molecule has 1 aliphatic carbocycles. The number of hydrogen-bond acceptors (Lipinski definition) is 4. The van der Waals surface area contributed by atoms with Crippen LogP contribution >= 0.6 is 0 Å². The normalized spacial score (nSPS) is 27.3. The lowest BCUT2D eigenvalue weighted by Gasteiger charge is -2.33. The number of carboxylic acids is 1. The Labute approximate surface area is 129 Å². The van der Waals surface area contributed by atoms with Gasteiger partial charge < -0.3 is 14.7 Å². The summed E-state index contributed by atoms with van der Waals surface area (Å²) in [5.41, 5.74) is 0.336. The summed E-state index contributed by atoms with van der Waals surface area (Å²) in [6.07, 6.45) is 6.14. The molecule has 1 N–H and O–H groups in total. The molecule has 2 heterocycles. The minimum atomic E-state index is -0.925. The molecule has 2 aliphatic rings. The summed E-state index contributed by atoms with van der Waals surface area (Å²) in [4.78, 5) is 30.2. The van der Waals surface area contributed by atoms with Gasteiger partial charge in [0.25, 0.3) is 5.91 Å². The van der Waals surface area contributed by atoms with Gasteiger partial charge in [-0.15, -0.1) is 0 Å². The van der Waals surface area contributed by atoms with Gasteiger partial charge in [0.05, 0.1) is 7.11 Å². The van der Waals surface area contributed by atoms with Crippen molar-refractivity contribution in [2.45, 2.75) is 44.2 Å². The summed E-state index contributed by atoms with van der Waals surface area (Å²) in [5, 5.41) is 9.51. The van der Waals surface area contributed by atoms with Crippen molar-refractivity contribution in [3.8, 4) is 5.88 Å². The van der Waals surface area contributed by atoms with Gasteiger partial charge in [0.1, 0.15) is 11.6 Å². The molecule has 1 aromatic rings. The van der Waals surface area contributed by atoms with Gasteiger partial charge >= 0.3 is 5.97 Å². The van der Waals surface area contributed by atoms with Gasteiger partial charge in [0.2, 0.25) is 5.88 Å². The highest BCUT2D eigenvalue weighted by molar-refractivity contribution is 5.99. The van der Waals surface area contributed by atoms with Crippen molar-refractivity contribution in [2.75, 3.05) is 7.11 Å². The molecular formula is C16H20N2O4. The fourth-order valence-corrected chi connectivity index (χ4v) is 3.83. The van der Waals surface area contributed by atoms with Crippen LogP contribution in [0.5, 0.6) is 5.88 Å². The van der Waals surface area contributed by atoms with E-state index in [4.69, 9.17) is 4.74 Å². The van der Waals surface area contributed by atoms with E-state index in [1.165, 1.54) is 7.11 Å². The summed E-state index contributed by atoms with van der Waals surface area (Å²) < 4.78 is 5.15. The molecule has 6 heteroatoms. The monoisotopic (exact) mass is 304 g/mol. The van der Waals surface area contributed by atoms with Crippen LogP contribution in [0.25, 0.3) is 0 Å². The lowest BCUT2D eigenvalue weighted by molar-refractivity contribution is -0.141. The number of aromatic nitrogens is 1. The topological polar surface area (TPSA) is 79.7 Å². The Morgan fingerprint density at radius 2 is 2.14 bits per heavy atom. The number of likely N-dealkylation sites (tertiary alicyclic amines) is 1. The van der Waals surface area contributed by atoms with E-state index in [-0.39, 0.29) is 17.8 Å². The van der Waals surface area contributed by atoms with Gasteiger partial charge in [-0.25, -0.2) is 9.78 Å². The van der Waals surface area contributed by atoms with Crippen LogP contribution in [-0.2, 0) is 4.79 Å². The Morgan fingerprint density at radius 1 is 1.36 bits per heavy atom. The van der Waals surface area contributed by atoms with Gasteiger partial charge in [0, 0.05) is 12.2 Å². The van der Waals surface area contributed by atoms with Gasteiger partial charge in [-0.1, -0.05) is 12.8 Å². The van der Waals surface area contributed by atoms with Crippen molar-refractivity contribution < 1.29 is 19.4 Å². The Bertz CT molecular complexity index is 589. The average Bonchev–Trinajstić information content (AvgIpc) is 2.94. The number of amides is 1. The number of rotatable bonds is 3. The Hall–Kier alpha value is -2.11. The van der Waals surface area contributed by atoms with Crippen LogP contribution in [0, 0.1) is 5.92 Å². The fourth-order valence-electron chi connectivity index (χ4n) is 3.83. The molecular weight excluding hydrogens is 284 g/mol. The molecule has 1 aromatic heterocycles. The molecule has 2 fully saturated rings. The minimum absolute atomic E-state index is 0.0206. The zero-order valence-corrected chi connectivity index (χ0v) is 12.6. The molecule has 118 valence electrons. The maximum absolute atomic E-state index is 12.9. The summed E-state index contributed by atoms with van der Waals surface area (Å²) in [5.74, 6) is -0.672. The first-order valence-corrected chi connectivity index (χ1v) is 7.68. The number of aliphatic carboxylic acids is 1. The lowest BCUT2D eigenvalue weighted by atomic mass is 9.84. The SMILES string of the molecule is COc1ncccc1C(=O)N1[C@@H]2CCCC[C@H]2C[C@H]1C(=O)O. The zero-order valence-electron chi connectivity index (χ0n) is 12.6. The third-order valence-corrected chi connectivity index (χ3v) is 4.80.